The van der Waals surface area contributed by atoms with Crippen LogP contribution in [0.1, 0.15) is 40.7 Å². The molecule has 0 aliphatic carbocycles. The molecule has 1 fully saturated rings. The number of imidazole rings is 1. The van der Waals surface area contributed by atoms with E-state index in [0.717, 1.165) is 4.90 Å². The van der Waals surface area contributed by atoms with Gasteiger partial charge in [0.2, 0.25) is 0 Å². The molecule has 0 amide bonds. The third-order valence-corrected chi connectivity index (χ3v) is 3.65. The predicted octanol–water partition coefficient (Wildman–Crippen LogP) is 4.33. The first-order valence-corrected chi connectivity index (χ1v) is 7.46. The Balaban J connectivity index is 1.99. The zero-order valence-electron chi connectivity index (χ0n) is 24.0. The Bertz CT molecular complexity index is 1320. The molecule has 0 saturated carbocycles. The summed E-state index contributed by atoms with van der Waals surface area (Å²) in [4.78, 5) is 5.29. The molecular weight excluding hydrogens is 306 g/mol. The molecule has 23 heavy (non-hydrogen) atoms. The van der Waals surface area contributed by atoms with E-state index < -0.39 is 67.9 Å². The lowest BCUT2D eigenvalue weighted by Gasteiger charge is -2.16. The molecule has 0 radical (unpaired) electrons. The zero-order valence-corrected chi connectivity index (χ0v) is 12.8. The molecule has 1 saturated heterocycles. The number of nitrogens with zero attached hydrogens (tertiary/aromatic N) is 3. The minimum atomic E-state index is -2.02. The molecular formula is C19H20ClN3. The Labute approximate surface area is 158 Å². The Morgan fingerprint density at radius 3 is 2.57 bits per heavy atom. The van der Waals surface area contributed by atoms with Gasteiger partial charge < -0.3 is 4.57 Å². The smallest absolute Gasteiger partial charge is 0.124 e. The van der Waals surface area contributed by atoms with Gasteiger partial charge in [0.1, 0.15) is 5.82 Å². The van der Waals surface area contributed by atoms with Gasteiger partial charge in [-0.05, 0) is 55.6 Å². The van der Waals surface area contributed by atoms with Crippen molar-refractivity contribution in [2.45, 2.75) is 25.9 Å². The molecule has 2 aromatic carbocycles. The summed E-state index contributed by atoms with van der Waals surface area (Å²) in [6.45, 7) is -4.83. The van der Waals surface area contributed by atoms with E-state index in [1.54, 1.807) is 0 Å². The first kappa shape index (κ1) is 6.58. The second-order valence-corrected chi connectivity index (χ2v) is 5.38. The number of likely N-dealkylation sites (tertiary alicyclic amines) is 1. The lowest BCUT2D eigenvalue weighted by atomic mass is 10.2. The molecule has 0 atom stereocenters. The highest BCUT2D eigenvalue weighted by Crippen LogP contribution is 2.21. The van der Waals surface area contributed by atoms with Crippen LogP contribution in [0.4, 0.5) is 0 Å². The lowest BCUT2D eigenvalue weighted by molar-refractivity contribution is 0.318. The molecule has 1 aliphatic rings. The van der Waals surface area contributed by atoms with Crippen LogP contribution in [0.2, 0.25) is 5.02 Å². The van der Waals surface area contributed by atoms with Gasteiger partial charge in [-0.25, -0.2) is 4.98 Å². The maximum atomic E-state index is 8.41. The molecule has 4 heteroatoms. The fourth-order valence-electron chi connectivity index (χ4n) is 2.44. The summed E-state index contributed by atoms with van der Waals surface area (Å²) in [6, 6.07) is -3.77. The number of hydrogen-bond donors (Lipinski definition) is 0. The van der Waals surface area contributed by atoms with Crippen molar-refractivity contribution in [3.63, 3.8) is 0 Å². The first-order valence-electron chi connectivity index (χ1n) is 13.1. The van der Waals surface area contributed by atoms with Crippen LogP contribution in [0.5, 0.6) is 0 Å². The fourth-order valence-corrected chi connectivity index (χ4v) is 2.53. The molecule has 0 spiro atoms. The Morgan fingerprint density at radius 1 is 1.04 bits per heavy atom. The minimum Gasteiger partial charge on any atom is -0.322 e. The molecule has 1 aliphatic heterocycles. The Morgan fingerprint density at radius 2 is 1.78 bits per heavy atom. The summed E-state index contributed by atoms with van der Waals surface area (Å²) in [6.07, 6.45) is -0.145. The van der Waals surface area contributed by atoms with Crippen LogP contribution in [0.25, 0.3) is 11.0 Å². The molecule has 3 aromatic rings. The van der Waals surface area contributed by atoms with Crippen molar-refractivity contribution in [2.24, 2.45) is 0 Å². The van der Waals surface area contributed by atoms with Crippen molar-refractivity contribution in [3.05, 3.63) is 64.7 Å². The Kier molecular flexibility index (Phi) is 1.81. The number of hydrogen-bond acceptors (Lipinski definition) is 2. The lowest BCUT2D eigenvalue weighted by Crippen LogP contribution is -2.21. The highest BCUT2D eigenvalue weighted by atomic mass is 35.5. The normalized spacial score (nSPS) is 27.3. The maximum Gasteiger partial charge on any atom is 0.124 e. The number of para-hydroxylation sites is 2. The van der Waals surface area contributed by atoms with Crippen LogP contribution in [-0.2, 0) is 13.1 Å². The largest absolute Gasteiger partial charge is 0.322 e. The van der Waals surface area contributed by atoms with E-state index in [0.29, 0.717) is 0 Å². The number of rotatable bonds is 4. The summed E-state index contributed by atoms with van der Waals surface area (Å²) in [5.41, 5.74) is -0.307. The topological polar surface area (TPSA) is 21.1 Å². The molecule has 3 nitrogen and oxygen atoms in total. The third-order valence-electron chi connectivity index (χ3n) is 3.46. The van der Waals surface area contributed by atoms with Crippen molar-refractivity contribution in [1.29, 1.82) is 0 Å². The summed E-state index contributed by atoms with van der Waals surface area (Å²) >= 11 is 5.90. The van der Waals surface area contributed by atoms with Crippen molar-refractivity contribution < 1.29 is 16.4 Å². The quantitative estimate of drug-likeness (QED) is 0.706. The Hall–Kier alpha value is -1.84. The summed E-state index contributed by atoms with van der Waals surface area (Å²) in [5, 5.41) is -0.361. The fraction of sp³-hybridized carbons (Fsp3) is 0.316. The minimum absolute atomic E-state index is 0.00605. The zero-order chi connectivity index (χ0) is 26.2. The van der Waals surface area contributed by atoms with E-state index in [1.807, 2.05) is 0 Å². The van der Waals surface area contributed by atoms with Gasteiger partial charge in [0.25, 0.3) is 0 Å². The average Bonchev–Trinajstić information content (AvgIpc) is 3.26. The SMILES string of the molecule is [2H]c1c([2H])c(Cn2c(CN3C([2H])([2H])CCC3([2H])[2H])nc3c([2H])c([2H])c([2H])c([2H])c32)c([2H])c([2H])c1Cl. The van der Waals surface area contributed by atoms with Crippen LogP contribution < -0.4 is 0 Å². The van der Waals surface area contributed by atoms with E-state index in [1.165, 1.54) is 4.57 Å². The van der Waals surface area contributed by atoms with Crippen molar-refractivity contribution >= 4 is 22.6 Å². The van der Waals surface area contributed by atoms with E-state index in [9.17, 15) is 0 Å². The highest BCUT2D eigenvalue weighted by Gasteiger charge is 2.17. The van der Waals surface area contributed by atoms with Crippen molar-refractivity contribution in [2.75, 3.05) is 13.0 Å². The van der Waals surface area contributed by atoms with Crippen LogP contribution in [-0.4, -0.2) is 27.4 Å². The first-order chi connectivity index (χ1) is 16.1. The van der Waals surface area contributed by atoms with E-state index in [-0.39, 0.29) is 46.8 Å². The van der Waals surface area contributed by atoms with Gasteiger partial charge in [0, 0.05) is 17.1 Å². The second-order valence-electron chi connectivity index (χ2n) is 5.01. The van der Waals surface area contributed by atoms with Gasteiger partial charge in [0.15, 0.2) is 0 Å². The molecule has 1 aromatic heterocycles. The monoisotopic (exact) mass is 337 g/mol. The van der Waals surface area contributed by atoms with Crippen molar-refractivity contribution in [3.8, 4) is 0 Å². The van der Waals surface area contributed by atoms with Gasteiger partial charge in [-0.3, -0.25) is 4.90 Å². The number of aromatic nitrogens is 2. The molecule has 0 unspecified atom stereocenters. The molecule has 4 rings (SSSR count). The standard InChI is InChI=1S/C19H20ClN3/c20-16-9-7-15(8-10-16)13-23-18-6-2-1-5-17(18)21-19(23)14-22-11-3-4-12-22/h1-2,5-10H,3-4,11-14H2/i1D,2D,5D,6D,7D,8D,9D,10D,11D2,12D2. The van der Waals surface area contributed by atoms with Crippen molar-refractivity contribution in [1.82, 2.24) is 14.5 Å². The van der Waals surface area contributed by atoms with E-state index in [4.69, 9.17) is 28.1 Å². The predicted molar refractivity (Wildman–Crippen MR) is 94.8 cm³/mol. The molecule has 2 heterocycles. The molecule has 0 bridgehead atoms. The van der Waals surface area contributed by atoms with E-state index in [2.05, 4.69) is 4.98 Å². The second kappa shape index (κ2) is 6.34. The summed E-state index contributed by atoms with van der Waals surface area (Å²) < 4.78 is 99.5. The van der Waals surface area contributed by atoms with Crippen LogP contribution in [0, 0.1) is 0 Å². The van der Waals surface area contributed by atoms with Gasteiger partial charge in [0.05, 0.1) is 28.5 Å². The highest BCUT2D eigenvalue weighted by molar-refractivity contribution is 6.30. The molecule has 118 valence electrons. The maximum absolute atomic E-state index is 8.41. The van der Waals surface area contributed by atoms with Crippen LogP contribution in [0.15, 0.2) is 48.3 Å². The number of benzene rings is 2. The van der Waals surface area contributed by atoms with Crippen LogP contribution >= 0.6 is 11.6 Å². The summed E-state index contributed by atoms with van der Waals surface area (Å²) in [5.74, 6) is -0.00605. The van der Waals surface area contributed by atoms with Gasteiger partial charge in [-0.15, -0.1) is 0 Å². The van der Waals surface area contributed by atoms with Gasteiger partial charge >= 0.3 is 0 Å². The number of fused-ring (bicyclic) bond motifs is 1. The van der Waals surface area contributed by atoms with Gasteiger partial charge in [-0.2, -0.15) is 0 Å². The number of halogens is 1. The van der Waals surface area contributed by atoms with Gasteiger partial charge in [-0.1, -0.05) is 35.8 Å². The average molecular weight is 338 g/mol. The van der Waals surface area contributed by atoms with E-state index >= 15 is 0 Å². The third kappa shape index (κ3) is 3.12. The molecule has 0 N–H and O–H groups in total. The van der Waals surface area contributed by atoms with Crippen LogP contribution in [0.3, 0.4) is 0 Å². The summed E-state index contributed by atoms with van der Waals surface area (Å²) in [7, 11) is 0.